The molecule has 4 unspecified atom stereocenters. The number of ether oxygens (including phenoxy) is 1. The minimum absolute atomic E-state index is 0.0264. The van der Waals surface area contributed by atoms with E-state index in [1.807, 2.05) is 6.92 Å². The first-order valence-electron chi connectivity index (χ1n) is 5.17. The zero-order valence-electron chi connectivity index (χ0n) is 8.05. The first-order valence-corrected chi connectivity index (χ1v) is 6.64. The standard InChI is InChI=1S/C9H14O4S/c1-2-12-8-5-3-6-7(4-5)14(10,11)13-9(6)8/h5-9H,2-4H2,1H3/t5-,6?,7?,8?,9?/m0/s1. The molecule has 4 nitrogen and oxygen atoms in total. The van der Waals surface area contributed by atoms with E-state index in [0.717, 1.165) is 12.8 Å². The molecule has 80 valence electrons. The van der Waals surface area contributed by atoms with Crippen LogP contribution in [-0.2, 0) is 19.0 Å². The molecule has 0 amide bonds. The summed E-state index contributed by atoms with van der Waals surface area (Å²) < 4.78 is 33.8. The van der Waals surface area contributed by atoms with Gasteiger partial charge in [-0.25, -0.2) is 0 Å². The van der Waals surface area contributed by atoms with E-state index in [0.29, 0.717) is 12.5 Å². The lowest BCUT2D eigenvalue weighted by molar-refractivity contribution is -0.0322. The van der Waals surface area contributed by atoms with Gasteiger partial charge in [0.05, 0.1) is 11.4 Å². The molecule has 1 heterocycles. The van der Waals surface area contributed by atoms with E-state index in [1.165, 1.54) is 0 Å². The summed E-state index contributed by atoms with van der Waals surface area (Å²) in [6.45, 7) is 2.57. The van der Waals surface area contributed by atoms with Crippen LogP contribution < -0.4 is 0 Å². The monoisotopic (exact) mass is 218 g/mol. The van der Waals surface area contributed by atoms with Crippen LogP contribution in [0.2, 0.25) is 0 Å². The van der Waals surface area contributed by atoms with Crippen molar-refractivity contribution in [2.45, 2.75) is 37.2 Å². The van der Waals surface area contributed by atoms with Crippen LogP contribution in [0.1, 0.15) is 19.8 Å². The molecule has 0 spiro atoms. The van der Waals surface area contributed by atoms with Crippen molar-refractivity contribution in [3.05, 3.63) is 0 Å². The molecule has 0 aromatic heterocycles. The highest BCUT2D eigenvalue weighted by atomic mass is 32.2. The summed E-state index contributed by atoms with van der Waals surface area (Å²) in [6.07, 6.45) is 1.56. The van der Waals surface area contributed by atoms with Crippen molar-refractivity contribution in [1.29, 1.82) is 0 Å². The van der Waals surface area contributed by atoms with Crippen molar-refractivity contribution >= 4 is 10.1 Å². The Kier molecular flexibility index (Phi) is 1.77. The van der Waals surface area contributed by atoms with Crippen LogP contribution >= 0.6 is 0 Å². The quantitative estimate of drug-likeness (QED) is 0.634. The molecule has 0 aromatic carbocycles. The second kappa shape index (κ2) is 2.71. The molecule has 3 rings (SSSR count). The van der Waals surface area contributed by atoms with Crippen molar-refractivity contribution in [1.82, 2.24) is 0 Å². The van der Waals surface area contributed by atoms with Gasteiger partial charge >= 0.3 is 0 Å². The second-order valence-electron chi connectivity index (χ2n) is 4.41. The Morgan fingerprint density at radius 3 is 2.93 bits per heavy atom. The Labute approximate surface area is 83.7 Å². The van der Waals surface area contributed by atoms with Gasteiger partial charge in [0.25, 0.3) is 10.1 Å². The summed E-state index contributed by atoms with van der Waals surface area (Å²) in [6, 6.07) is 0. The predicted molar refractivity (Wildman–Crippen MR) is 49.2 cm³/mol. The second-order valence-corrected chi connectivity index (χ2v) is 6.19. The molecule has 2 saturated carbocycles. The third-order valence-electron chi connectivity index (χ3n) is 3.77. The molecule has 1 saturated heterocycles. The molecule has 14 heavy (non-hydrogen) atoms. The van der Waals surface area contributed by atoms with E-state index in [9.17, 15) is 8.42 Å². The molecule has 0 N–H and O–H groups in total. The maximum absolute atomic E-state index is 11.6. The van der Waals surface area contributed by atoms with Gasteiger partial charge in [-0.2, -0.15) is 8.42 Å². The molecule has 3 fully saturated rings. The number of fused-ring (bicyclic) bond motifs is 1. The van der Waals surface area contributed by atoms with Gasteiger partial charge in [-0.05, 0) is 25.7 Å². The molecule has 2 bridgehead atoms. The van der Waals surface area contributed by atoms with Gasteiger partial charge in [-0.1, -0.05) is 0 Å². The van der Waals surface area contributed by atoms with Gasteiger partial charge in [0, 0.05) is 12.5 Å². The van der Waals surface area contributed by atoms with Gasteiger partial charge in [-0.3, -0.25) is 4.18 Å². The summed E-state index contributed by atoms with van der Waals surface area (Å²) in [5.74, 6) is 0.619. The topological polar surface area (TPSA) is 52.6 Å². The molecule has 1 aliphatic heterocycles. The summed E-state index contributed by atoms with van der Waals surface area (Å²) in [4.78, 5) is 0. The van der Waals surface area contributed by atoms with E-state index in [-0.39, 0.29) is 23.4 Å². The van der Waals surface area contributed by atoms with Crippen molar-refractivity contribution in [2.75, 3.05) is 6.61 Å². The van der Waals surface area contributed by atoms with Gasteiger partial charge in [0.1, 0.15) is 6.10 Å². The Hall–Kier alpha value is -0.130. The van der Waals surface area contributed by atoms with Gasteiger partial charge in [0.15, 0.2) is 0 Å². The van der Waals surface area contributed by atoms with Crippen molar-refractivity contribution in [3.63, 3.8) is 0 Å². The maximum atomic E-state index is 11.6. The first kappa shape index (κ1) is 9.12. The minimum Gasteiger partial charge on any atom is -0.375 e. The van der Waals surface area contributed by atoms with Crippen LogP contribution in [0.4, 0.5) is 0 Å². The van der Waals surface area contributed by atoms with Crippen molar-refractivity contribution in [2.24, 2.45) is 11.8 Å². The average Bonchev–Trinajstić information content (AvgIpc) is 2.68. The summed E-state index contributed by atoms with van der Waals surface area (Å²) >= 11 is 0. The van der Waals surface area contributed by atoms with Crippen molar-refractivity contribution < 1.29 is 17.3 Å². The van der Waals surface area contributed by atoms with Gasteiger partial charge in [-0.15, -0.1) is 0 Å². The Bertz CT molecular complexity index is 350. The molecule has 5 heteroatoms. The smallest absolute Gasteiger partial charge is 0.270 e. The molecule has 0 radical (unpaired) electrons. The van der Waals surface area contributed by atoms with E-state index < -0.39 is 10.1 Å². The first-order chi connectivity index (χ1) is 6.63. The summed E-state index contributed by atoms with van der Waals surface area (Å²) in [5.41, 5.74) is 0. The normalized spacial score (nSPS) is 52.8. The highest BCUT2D eigenvalue weighted by molar-refractivity contribution is 7.87. The van der Waals surface area contributed by atoms with Crippen LogP contribution in [0.5, 0.6) is 0 Å². The molecular weight excluding hydrogens is 204 g/mol. The van der Waals surface area contributed by atoms with Crippen LogP contribution in [0, 0.1) is 11.8 Å². The Morgan fingerprint density at radius 2 is 2.21 bits per heavy atom. The third-order valence-corrected chi connectivity index (χ3v) is 5.55. The number of rotatable bonds is 2. The van der Waals surface area contributed by atoms with Crippen LogP contribution in [0.3, 0.4) is 0 Å². The lowest BCUT2D eigenvalue weighted by atomic mass is 9.94. The highest BCUT2D eigenvalue weighted by Gasteiger charge is 2.64. The third kappa shape index (κ3) is 0.978. The van der Waals surface area contributed by atoms with E-state index >= 15 is 0 Å². The minimum atomic E-state index is -3.26. The van der Waals surface area contributed by atoms with E-state index in [1.54, 1.807) is 0 Å². The predicted octanol–water partition coefficient (Wildman–Crippen LogP) is 0.528. The highest BCUT2D eigenvalue weighted by Crippen LogP contribution is 2.55. The SMILES string of the molecule is CCOC1C2OS(=O)(=O)C3C[C@@H]1CC23. The Morgan fingerprint density at radius 1 is 1.43 bits per heavy atom. The van der Waals surface area contributed by atoms with Crippen LogP contribution in [-0.4, -0.2) is 32.5 Å². The summed E-state index contributed by atoms with van der Waals surface area (Å²) in [5, 5.41) is -0.228. The van der Waals surface area contributed by atoms with Crippen LogP contribution in [0.25, 0.3) is 0 Å². The zero-order valence-corrected chi connectivity index (χ0v) is 8.87. The fourth-order valence-corrected chi connectivity index (χ4v) is 5.19. The van der Waals surface area contributed by atoms with E-state index in [2.05, 4.69) is 0 Å². The fourth-order valence-electron chi connectivity index (χ4n) is 3.30. The lowest BCUT2D eigenvalue weighted by Crippen LogP contribution is -2.35. The lowest BCUT2D eigenvalue weighted by Gasteiger charge is -2.24. The molecule has 2 aliphatic carbocycles. The Balaban J connectivity index is 1.93. The van der Waals surface area contributed by atoms with Crippen molar-refractivity contribution in [3.8, 4) is 0 Å². The van der Waals surface area contributed by atoms with Gasteiger partial charge in [0.2, 0.25) is 0 Å². The van der Waals surface area contributed by atoms with Gasteiger partial charge < -0.3 is 4.74 Å². The fraction of sp³-hybridized carbons (Fsp3) is 1.00. The van der Waals surface area contributed by atoms with Crippen LogP contribution in [0.15, 0.2) is 0 Å². The largest absolute Gasteiger partial charge is 0.375 e. The number of hydrogen-bond acceptors (Lipinski definition) is 4. The average molecular weight is 218 g/mol. The molecule has 0 aromatic rings. The maximum Gasteiger partial charge on any atom is 0.270 e. The summed E-state index contributed by atoms with van der Waals surface area (Å²) in [7, 11) is -3.26. The van der Waals surface area contributed by atoms with E-state index in [4.69, 9.17) is 8.92 Å². The number of hydrogen-bond donors (Lipinski definition) is 0. The molecular formula is C9H14O4S. The molecule has 3 aliphatic rings. The molecule has 5 atom stereocenters. The zero-order chi connectivity index (χ0) is 9.92.